The standard InChI is InChI=1S/C3H7Cl.H2O/c1-2-3-4;/h2-3H2,1H3;1H2. The van der Waals surface area contributed by atoms with E-state index in [4.69, 9.17) is 11.6 Å². The van der Waals surface area contributed by atoms with Crippen molar-refractivity contribution in [2.45, 2.75) is 13.3 Å². The van der Waals surface area contributed by atoms with Crippen LogP contribution in [0.2, 0.25) is 0 Å². The molecule has 0 rings (SSSR count). The minimum Gasteiger partial charge on any atom is -0.412 e. The fourth-order valence-electron chi connectivity index (χ4n) is 0. The lowest BCUT2D eigenvalue weighted by molar-refractivity contribution is 0.824. The topological polar surface area (TPSA) is 31.5 Å². The molecule has 0 fully saturated rings. The molecule has 0 saturated heterocycles. The van der Waals surface area contributed by atoms with Gasteiger partial charge in [0.1, 0.15) is 0 Å². The highest BCUT2D eigenvalue weighted by atomic mass is 35.5. The Morgan fingerprint density at radius 1 is 1.60 bits per heavy atom. The molecule has 0 heterocycles. The molecule has 2 N–H and O–H groups in total. The number of halogens is 1. The highest BCUT2D eigenvalue weighted by molar-refractivity contribution is 6.17. The second-order valence-electron chi connectivity index (χ2n) is 0.689. The van der Waals surface area contributed by atoms with E-state index in [-0.39, 0.29) is 5.48 Å². The minimum atomic E-state index is 0. The molecule has 0 aliphatic carbocycles. The van der Waals surface area contributed by atoms with E-state index in [2.05, 4.69) is 0 Å². The van der Waals surface area contributed by atoms with Crippen LogP contribution in [-0.2, 0) is 0 Å². The van der Waals surface area contributed by atoms with Gasteiger partial charge in [-0.25, -0.2) is 0 Å². The van der Waals surface area contributed by atoms with Gasteiger partial charge in [0.2, 0.25) is 0 Å². The molecule has 0 aromatic carbocycles. The van der Waals surface area contributed by atoms with Crippen LogP contribution >= 0.6 is 11.6 Å². The second-order valence-corrected chi connectivity index (χ2v) is 1.07. The predicted molar refractivity (Wildman–Crippen MR) is 24.6 cm³/mol. The first-order valence-corrected chi connectivity index (χ1v) is 2.01. The third-order valence-corrected chi connectivity index (χ3v) is 0.567. The molecular formula is C3H9ClO. The lowest BCUT2D eigenvalue weighted by atomic mass is 10.6. The summed E-state index contributed by atoms with van der Waals surface area (Å²) >= 11 is 5.19. The van der Waals surface area contributed by atoms with E-state index < -0.39 is 0 Å². The fraction of sp³-hybridized carbons (Fsp3) is 1.00. The third-order valence-electron chi connectivity index (χ3n) is 0.189. The van der Waals surface area contributed by atoms with Crippen LogP contribution in [0.3, 0.4) is 0 Å². The van der Waals surface area contributed by atoms with Crippen molar-refractivity contribution in [3.8, 4) is 0 Å². The average Bonchev–Trinajstić information content (AvgIpc) is 1.37. The molecule has 0 unspecified atom stereocenters. The maximum absolute atomic E-state index is 5.19. The summed E-state index contributed by atoms with van der Waals surface area (Å²) in [6, 6.07) is 0. The van der Waals surface area contributed by atoms with E-state index in [1.54, 1.807) is 0 Å². The lowest BCUT2D eigenvalue weighted by Crippen LogP contribution is -1.55. The number of alkyl halides is 1. The van der Waals surface area contributed by atoms with Gasteiger partial charge in [0.25, 0.3) is 0 Å². The third kappa shape index (κ3) is 13.8. The molecule has 0 atom stereocenters. The Kier molecular flexibility index (Phi) is 15.9. The van der Waals surface area contributed by atoms with Gasteiger partial charge in [-0.05, 0) is 6.42 Å². The summed E-state index contributed by atoms with van der Waals surface area (Å²) in [7, 11) is 0. The fourth-order valence-corrected chi connectivity index (χ4v) is 0. The summed E-state index contributed by atoms with van der Waals surface area (Å²) < 4.78 is 0. The minimum absolute atomic E-state index is 0. The van der Waals surface area contributed by atoms with Gasteiger partial charge in [0, 0.05) is 5.88 Å². The molecular weight excluding hydrogens is 87.5 g/mol. The van der Waals surface area contributed by atoms with Gasteiger partial charge in [-0.15, -0.1) is 11.6 Å². The molecule has 5 heavy (non-hydrogen) atoms. The Labute approximate surface area is 37.3 Å². The maximum Gasteiger partial charge on any atom is 0.0220 e. The summed E-state index contributed by atoms with van der Waals surface area (Å²) in [5.41, 5.74) is 0. The van der Waals surface area contributed by atoms with Crippen LogP contribution < -0.4 is 0 Å². The van der Waals surface area contributed by atoms with Gasteiger partial charge in [0.05, 0.1) is 0 Å². The first kappa shape index (κ1) is 8.98. The quantitative estimate of drug-likeness (QED) is 0.433. The first-order chi connectivity index (χ1) is 1.91. The Balaban J connectivity index is 0. The van der Waals surface area contributed by atoms with Crippen molar-refractivity contribution < 1.29 is 5.48 Å². The summed E-state index contributed by atoms with van der Waals surface area (Å²) in [6.45, 7) is 2.05. The summed E-state index contributed by atoms with van der Waals surface area (Å²) in [4.78, 5) is 0. The van der Waals surface area contributed by atoms with Gasteiger partial charge in [-0.2, -0.15) is 0 Å². The summed E-state index contributed by atoms with van der Waals surface area (Å²) in [5, 5.41) is 0. The van der Waals surface area contributed by atoms with Crippen LogP contribution in [-0.4, -0.2) is 11.4 Å². The van der Waals surface area contributed by atoms with Crippen molar-refractivity contribution in [1.82, 2.24) is 0 Å². The van der Waals surface area contributed by atoms with Crippen molar-refractivity contribution in [2.24, 2.45) is 0 Å². The highest BCUT2D eigenvalue weighted by Gasteiger charge is 1.59. The van der Waals surface area contributed by atoms with Crippen LogP contribution in [0.25, 0.3) is 0 Å². The lowest BCUT2D eigenvalue weighted by Gasteiger charge is -1.65. The maximum atomic E-state index is 5.19. The van der Waals surface area contributed by atoms with Gasteiger partial charge in [-0.3, -0.25) is 0 Å². The molecule has 0 saturated carbocycles. The smallest absolute Gasteiger partial charge is 0.0220 e. The first-order valence-electron chi connectivity index (χ1n) is 1.47. The molecule has 0 spiro atoms. The van der Waals surface area contributed by atoms with Crippen molar-refractivity contribution in [3.05, 3.63) is 0 Å². The summed E-state index contributed by atoms with van der Waals surface area (Å²) in [5.74, 6) is 0.792. The Hall–Kier alpha value is 0.250. The average molecular weight is 96.6 g/mol. The van der Waals surface area contributed by atoms with Crippen molar-refractivity contribution >= 4 is 11.6 Å². The zero-order valence-corrected chi connectivity index (χ0v) is 4.05. The van der Waals surface area contributed by atoms with Gasteiger partial charge < -0.3 is 5.48 Å². The normalized spacial score (nSPS) is 6.00. The molecule has 0 bridgehead atoms. The zero-order valence-electron chi connectivity index (χ0n) is 3.29. The molecule has 2 heteroatoms. The monoisotopic (exact) mass is 96.0 g/mol. The highest BCUT2D eigenvalue weighted by Crippen LogP contribution is 1.75. The van der Waals surface area contributed by atoms with E-state index in [1.165, 1.54) is 0 Å². The van der Waals surface area contributed by atoms with Crippen LogP contribution in [0, 0.1) is 0 Å². The molecule has 0 amide bonds. The Morgan fingerprint density at radius 3 is 1.80 bits per heavy atom. The largest absolute Gasteiger partial charge is 0.412 e. The predicted octanol–water partition coefficient (Wildman–Crippen LogP) is 0.810. The molecule has 34 valence electrons. The van der Waals surface area contributed by atoms with E-state index in [0.29, 0.717) is 0 Å². The van der Waals surface area contributed by atoms with Gasteiger partial charge in [0.15, 0.2) is 0 Å². The molecule has 0 radical (unpaired) electrons. The van der Waals surface area contributed by atoms with Crippen molar-refractivity contribution in [3.63, 3.8) is 0 Å². The molecule has 0 aromatic rings. The Bertz CT molecular complexity index is 8.85. The van der Waals surface area contributed by atoms with E-state index in [9.17, 15) is 0 Å². The summed E-state index contributed by atoms with van der Waals surface area (Å²) in [6.07, 6.45) is 1.08. The molecule has 0 aromatic heterocycles. The van der Waals surface area contributed by atoms with Crippen LogP contribution in [0.15, 0.2) is 0 Å². The van der Waals surface area contributed by atoms with E-state index in [0.717, 1.165) is 12.3 Å². The van der Waals surface area contributed by atoms with Crippen molar-refractivity contribution in [1.29, 1.82) is 0 Å². The van der Waals surface area contributed by atoms with Gasteiger partial charge >= 0.3 is 0 Å². The van der Waals surface area contributed by atoms with Crippen LogP contribution in [0.4, 0.5) is 0 Å². The zero-order chi connectivity index (χ0) is 3.41. The van der Waals surface area contributed by atoms with E-state index >= 15 is 0 Å². The molecule has 0 aliphatic heterocycles. The van der Waals surface area contributed by atoms with Crippen LogP contribution in [0.5, 0.6) is 0 Å². The molecule has 1 nitrogen and oxygen atoms in total. The van der Waals surface area contributed by atoms with Crippen molar-refractivity contribution in [2.75, 3.05) is 5.88 Å². The molecule has 0 aliphatic rings. The SMILES string of the molecule is CCCCl.O. The number of rotatable bonds is 1. The number of hydrogen-bond acceptors (Lipinski definition) is 0. The van der Waals surface area contributed by atoms with Crippen LogP contribution in [0.1, 0.15) is 13.3 Å². The van der Waals surface area contributed by atoms with E-state index in [1.807, 2.05) is 6.92 Å². The Morgan fingerprint density at radius 2 is 1.80 bits per heavy atom. The van der Waals surface area contributed by atoms with Gasteiger partial charge in [-0.1, -0.05) is 6.92 Å². The number of hydrogen-bond donors (Lipinski definition) is 0. The second kappa shape index (κ2) is 8.87.